The summed E-state index contributed by atoms with van der Waals surface area (Å²) in [6.45, 7) is 0. The number of ketones is 1. The first-order valence-electron chi connectivity index (χ1n) is 5.52. The molecule has 2 amide bonds. The maximum absolute atomic E-state index is 11.7. The number of aromatic nitrogens is 1. The number of fused-ring (bicyclic) bond motifs is 1. The van der Waals surface area contributed by atoms with E-state index in [0.29, 0.717) is 5.56 Å². The molecule has 1 atom stereocenters. The smallest absolute Gasteiger partial charge is 0.295 e. The molecular formula is C13H10N2O3. The van der Waals surface area contributed by atoms with Crippen molar-refractivity contribution in [2.24, 2.45) is 7.05 Å². The van der Waals surface area contributed by atoms with Gasteiger partial charge in [-0.15, -0.1) is 0 Å². The van der Waals surface area contributed by atoms with Crippen molar-refractivity contribution in [2.75, 3.05) is 0 Å². The zero-order valence-corrected chi connectivity index (χ0v) is 9.64. The molecular weight excluding hydrogens is 232 g/mol. The second-order valence-electron chi connectivity index (χ2n) is 4.33. The van der Waals surface area contributed by atoms with E-state index in [1.54, 1.807) is 6.20 Å². The Kier molecular flexibility index (Phi) is 2.10. The van der Waals surface area contributed by atoms with E-state index < -0.39 is 23.5 Å². The fourth-order valence-electron chi connectivity index (χ4n) is 2.38. The van der Waals surface area contributed by atoms with Crippen LogP contribution in [0.1, 0.15) is 11.5 Å². The predicted molar refractivity (Wildman–Crippen MR) is 63.8 cm³/mol. The van der Waals surface area contributed by atoms with Crippen LogP contribution >= 0.6 is 0 Å². The molecule has 1 unspecified atom stereocenters. The SMILES string of the molecule is Cn1cc(C2C(=O)NC(=O)C2=O)c2ccccc21. The monoisotopic (exact) mass is 242 g/mol. The summed E-state index contributed by atoms with van der Waals surface area (Å²) in [6, 6.07) is 7.46. The van der Waals surface area contributed by atoms with Gasteiger partial charge in [0.1, 0.15) is 5.92 Å². The van der Waals surface area contributed by atoms with Crippen molar-refractivity contribution in [1.29, 1.82) is 0 Å². The molecule has 1 N–H and O–H groups in total. The Morgan fingerprint density at radius 2 is 1.89 bits per heavy atom. The minimum atomic E-state index is -1.01. The van der Waals surface area contributed by atoms with Gasteiger partial charge in [0.05, 0.1) is 0 Å². The summed E-state index contributed by atoms with van der Waals surface area (Å²) < 4.78 is 1.84. The number of carbonyl (C=O) groups is 3. The van der Waals surface area contributed by atoms with E-state index in [-0.39, 0.29) is 0 Å². The fraction of sp³-hybridized carbons (Fsp3) is 0.154. The van der Waals surface area contributed by atoms with Gasteiger partial charge in [-0.3, -0.25) is 19.7 Å². The number of imide groups is 1. The minimum Gasteiger partial charge on any atom is -0.350 e. The van der Waals surface area contributed by atoms with Crippen LogP contribution < -0.4 is 5.32 Å². The van der Waals surface area contributed by atoms with Gasteiger partial charge in [0.2, 0.25) is 11.7 Å². The summed E-state index contributed by atoms with van der Waals surface area (Å²) in [6.07, 6.45) is 1.73. The van der Waals surface area contributed by atoms with Gasteiger partial charge in [0.15, 0.2) is 0 Å². The van der Waals surface area contributed by atoms with Crippen LogP contribution in [0.15, 0.2) is 30.5 Å². The Labute approximate surface area is 102 Å². The topological polar surface area (TPSA) is 68.2 Å². The molecule has 0 bridgehead atoms. The first-order chi connectivity index (χ1) is 8.59. The highest BCUT2D eigenvalue weighted by molar-refractivity contribution is 6.50. The lowest BCUT2D eigenvalue weighted by molar-refractivity contribution is -0.135. The maximum atomic E-state index is 11.7. The molecule has 1 aromatic carbocycles. The molecule has 0 aliphatic carbocycles. The van der Waals surface area contributed by atoms with Crippen LogP contribution in [-0.2, 0) is 21.4 Å². The quantitative estimate of drug-likeness (QED) is 0.449. The van der Waals surface area contributed by atoms with E-state index in [2.05, 4.69) is 5.32 Å². The van der Waals surface area contributed by atoms with Gasteiger partial charge in [-0.25, -0.2) is 0 Å². The zero-order valence-electron chi connectivity index (χ0n) is 9.64. The fourth-order valence-corrected chi connectivity index (χ4v) is 2.38. The first kappa shape index (κ1) is 10.7. The van der Waals surface area contributed by atoms with Crippen molar-refractivity contribution >= 4 is 28.5 Å². The summed E-state index contributed by atoms with van der Waals surface area (Å²) in [7, 11) is 1.84. The van der Waals surface area contributed by atoms with Crippen LogP contribution in [0.5, 0.6) is 0 Å². The van der Waals surface area contributed by atoms with Crippen molar-refractivity contribution in [3.8, 4) is 0 Å². The van der Waals surface area contributed by atoms with Crippen LogP contribution in [0.4, 0.5) is 0 Å². The molecule has 0 saturated carbocycles. The molecule has 1 saturated heterocycles. The molecule has 90 valence electrons. The van der Waals surface area contributed by atoms with Crippen molar-refractivity contribution in [3.63, 3.8) is 0 Å². The Morgan fingerprint density at radius 3 is 2.56 bits per heavy atom. The van der Waals surface area contributed by atoms with Crippen molar-refractivity contribution in [3.05, 3.63) is 36.0 Å². The average molecular weight is 242 g/mol. The van der Waals surface area contributed by atoms with Gasteiger partial charge in [-0.05, 0) is 11.6 Å². The molecule has 1 aliphatic rings. The molecule has 18 heavy (non-hydrogen) atoms. The number of rotatable bonds is 1. The van der Waals surface area contributed by atoms with Gasteiger partial charge in [0.25, 0.3) is 5.91 Å². The van der Waals surface area contributed by atoms with Gasteiger partial charge in [-0.2, -0.15) is 0 Å². The number of amides is 2. The van der Waals surface area contributed by atoms with Crippen LogP contribution in [0, 0.1) is 0 Å². The van der Waals surface area contributed by atoms with Crippen molar-refractivity contribution in [2.45, 2.75) is 5.92 Å². The maximum Gasteiger partial charge on any atom is 0.295 e. The molecule has 2 aromatic rings. The van der Waals surface area contributed by atoms with E-state index in [9.17, 15) is 14.4 Å². The molecule has 2 heterocycles. The summed E-state index contributed by atoms with van der Waals surface area (Å²) >= 11 is 0. The highest BCUT2D eigenvalue weighted by Crippen LogP contribution is 2.30. The summed E-state index contributed by atoms with van der Waals surface area (Å²) in [5.41, 5.74) is 1.51. The van der Waals surface area contributed by atoms with Crippen LogP contribution in [0.25, 0.3) is 10.9 Å². The highest BCUT2D eigenvalue weighted by atomic mass is 16.2. The third-order valence-corrected chi connectivity index (χ3v) is 3.22. The van der Waals surface area contributed by atoms with Crippen LogP contribution in [-0.4, -0.2) is 22.2 Å². The van der Waals surface area contributed by atoms with Gasteiger partial charge in [-0.1, -0.05) is 18.2 Å². The lowest BCUT2D eigenvalue weighted by Crippen LogP contribution is -2.22. The Balaban J connectivity index is 2.24. The number of Topliss-reactive ketones (excluding diaryl/α,β-unsaturated/α-hetero) is 1. The average Bonchev–Trinajstić information content (AvgIpc) is 2.79. The molecule has 5 heteroatoms. The third-order valence-electron chi connectivity index (χ3n) is 3.22. The van der Waals surface area contributed by atoms with Crippen molar-refractivity contribution in [1.82, 2.24) is 9.88 Å². The molecule has 1 aliphatic heterocycles. The highest BCUT2D eigenvalue weighted by Gasteiger charge is 2.42. The largest absolute Gasteiger partial charge is 0.350 e. The molecule has 5 nitrogen and oxygen atoms in total. The number of nitrogens with zero attached hydrogens (tertiary/aromatic N) is 1. The lowest BCUT2D eigenvalue weighted by Gasteiger charge is -2.02. The van der Waals surface area contributed by atoms with E-state index >= 15 is 0 Å². The number of aryl methyl sites for hydroxylation is 1. The molecule has 1 aromatic heterocycles. The molecule has 0 radical (unpaired) electrons. The second kappa shape index (κ2) is 3.53. The van der Waals surface area contributed by atoms with Gasteiger partial charge < -0.3 is 4.57 Å². The normalized spacial score (nSPS) is 19.6. The van der Waals surface area contributed by atoms with E-state index in [0.717, 1.165) is 10.9 Å². The second-order valence-corrected chi connectivity index (χ2v) is 4.33. The number of hydrogen-bond acceptors (Lipinski definition) is 3. The van der Waals surface area contributed by atoms with E-state index in [4.69, 9.17) is 0 Å². The number of benzene rings is 1. The lowest BCUT2D eigenvalue weighted by atomic mass is 9.96. The van der Waals surface area contributed by atoms with E-state index in [1.165, 1.54) is 0 Å². The molecule has 3 rings (SSSR count). The number of para-hydroxylation sites is 1. The van der Waals surface area contributed by atoms with Gasteiger partial charge >= 0.3 is 0 Å². The minimum absolute atomic E-state index is 0.540. The number of hydrogen-bond donors (Lipinski definition) is 1. The van der Waals surface area contributed by atoms with E-state index in [1.807, 2.05) is 35.9 Å². The number of nitrogens with one attached hydrogen (secondary N) is 1. The summed E-state index contributed by atoms with van der Waals surface area (Å²) in [4.78, 5) is 34.6. The molecule has 1 fully saturated rings. The standard InChI is InChI=1S/C13H10N2O3/c1-15-6-8(7-4-2-3-5-9(7)15)10-11(16)13(18)14-12(10)17/h2-6,10H,1H3,(H,14,17,18). The predicted octanol–water partition coefficient (Wildman–Crippen LogP) is 0.487. The Morgan fingerprint density at radius 1 is 1.17 bits per heavy atom. The van der Waals surface area contributed by atoms with Gasteiger partial charge in [0, 0.05) is 24.1 Å². The molecule has 0 spiro atoms. The van der Waals surface area contributed by atoms with Crippen LogP contribution in [0.2, 0.25) is 0 Å². The number of carbonyl (C=O) groups excluding carboxylic acids is 3. The zero-order chi connectivity index (χ0) is 12.9. The Bertz CT molecular complexity index is 699. The van der Waals surface area contributed by atoms with Crippen LogP contribution in [0.3, 0.4) is 0 Å². The summed E-state index contributed by atoms with van der Waals surface area (Å²) in [5, 5.41) is 2.87. The Hall–Kier alpha value is -2.43. The first-order valence-corrected chi connectivity index (χ1v) is 5.52. The van der Waals surface area contributed by atoms with Crippen molar-refractivity contribution < 1.29 is 14.4 Å². The third kappa shape index (κ3) is 1.30. The summed E-state index contributed by atoms with van der Waals surface area (Å²) in [5.74, 6) is -3.06.